The van der Waals surface area contributed by atoms with Crippen molar-refractivity contribution < 1.29 is 9.59 Å². The first kappa shape index (κ1) is 16.2. The summed E-state index contributed by atoms with van der Waals surface area (Å²) in [5.74, 6) is -0.504. The maximum absolute atomic E-state index is 12.3. The van der Waals surface area contributed by atoms with E-state index in [9.17, 15) is 14.4 Å². The highest BCUT2D eigenvalue weighted by molar-refractivity contribution is 6.02. The second-order valence-corrected chi connectivity index (χ2v) is 7.01. The summed E-state index contributed by atoms with van der Waals surface area (Å²) in [4.78, 5) is 39.6. The fourth-order valence-electron chi connectivity index (χ4n) is 3.07. The molecule has 1 aromatic heterocycles. The van der Waals surface area contributed by atoms with Gasteiger partial charge in [0.1, 0.15) is 5.56 Å². The standard InChI is InChI=1S/C19H20N2O3/c1-19(2)9-15-13(16(22)10-19)8-14(18(24)21-15)17(23)20-11-12-6-4-3-5-7-12/h3-8H,9-11H2,1-2H3,(H,20,23)(H,21,24). The van der Waals surface area contributed by atoms with Gasteiger partial charge in [-0.1, -0.05) is 44.2 Å². The van der Waals surface area contributed by atoms with Gasteiger partial charge in [0.15, 0.2) is 5.78 Å². The first-order chi connectivity index (χ1) is 11.4. The van der Waals surface area contributed by atoms with Gasteiger partial charge >= 0.3 is 0 Å². The van der Waals surface area contributed by atoms with E-state index in [1.165, 1.54) is 6.07 Å². The highest BCUT2D eigenvalue weighted by Gasteiger charge is 2.32. The fourth-order valence-corrected chi connectivity index (χ4v) is 3.07. The number of fused-ring (bicyclic) bond motifs is 1. The molecule has 5 nitrogen and oxygen atoms in total. The molecule has 1 aliphatic carbocycles. The second-order valence-electron chi connectivity index (χ2n) is 7.01. The average Bonchev–Trinajstić information content (AvgIpc) is 2.52. The Kier molecular flexibility index (Phi) is 4.09. The van der Waals surface area contributed by atoms with Crippen molar-refractivity contribution in [2.45, 2.75) is 33.2 Å². The van der Waals surface area contributed by atoms with Gasteiger partial charge < -0.3 is 10.3 Å². The molecule has 0 radical (unpaired) electrons. The molecule has 5 heteroatoms. The first-order valence-electron chi connectivity index (χ1n) is 7.97. The molecular formula is C19H20N2O3. The number of ketones is 1. The number of amides is 1. The Hall–Kier alpha value is -2.69. The number of carbonyl (C=O) groups is 2. The third-order valence-electron chi connectivity index (χ3n) is 4.26. The molecular weight excluding hydrogens is 304 g/mol. The normalized spacial score (nSPS) is 15.7. The Morgan fingerprint density at radius 3 is 2.58 bits per heavy atom. The zero-order chi connectivity index (χ0) is 17.3. The van der Waals surface area contributed by atoms with Crippen LogP contribution < -0.4 is 10.9 Å². The number of aromatic nitrogens is 1. The van der Waals surface area contributed by atoms with Crippen molar-refractivity contribution >= 4 is 11.7 Å². The molecule has 1 heterocycles. The van der Waals surface area contributed by atoms with Gasteiger partial charge in [-0.2, -0.15) is 0 Å². The van der Waals surface area contributed by atoms with Crippen LogP contribution in [0.2, 0.25) is 0 Å². The van der Waals surface area contributed by atoms with E-state index in [1.807, 2.05) is 44.2 Å². The van der Waals surface area contributed by atoms with E-state index in [1.54, 1.807) is 0 Å². The van der Waals surface area contributed by atoms with Crippen molar-refractivity contribution in [3.05, 3.63) is 69.1 Å². The molecule has 124 valence electrons. The van der Waals surface area contributed by atoms with E-state index in [0.717, 1.165) is 5.56 Å². The van der Waals surface area contributed by atoms with Crippen LogP contribution in [0.5, 0.6) is 0 Å². The third-order valence-corrected chi connectivity index (χ3v) is 4.26. The van der Waals surface area contributed by atoms with Gasteiger partial charge in [-0.25, -0.2) is 0 Å². The minimum Gasteiger partial charge on any atom is -0.348 e. The number of benzene rings is 1. The minimum absolute atomic E-state index is 0.0160. The highest BCUT2D eigenvalue weighted by atomic mass is 16.2. The number of rotatable bonds is 3. The molecule has 1 aliphatic rings. The lowest BCUT2D eigenvalue weighted by Gasteiger charge is -2.29. The summed E-state index contributed by atoms with van der Waals surface area (Å²) < 4.78 is 0. The summed E-state index contributed by atoms with van der Waals surface area (Å²) in [5.41, 5.74) is 1.38. The van der Waals surface area contributed by atoms with Crippen molar-refractivity contribution in [1.29, 1.82) is 0 Å². The summed E-state index contributed by atoms with van der Waals surface area (Å²) in [5, 5.41) is 2.72. The van der Waals surface area contributed by atoms with Crippen molar-refractivity contribution in [1.82, 2.24) is 10.3 Å². The van der Waals surface area contributed by atoms with Crippen LogP contribution >= 0.6 is 0 Å². The average molecular weight is 324 g/mol. The second kappa shape index (κ2) is 6.07. The topological polar surface area (TPSA) is 79.0 Å². The number of pyridine rings is 1. The first-order valence-corrected chi connectivity index (χ1v) is 7.97. The summed E-state index contributed by atoms with van der Waals surface area (Å²) >= 11 is 0. The predicted octanol–water partition coefficient (Wildman–Crippen LogP) is 2.46. The zero-order valence-electron chi connectivity index (χ0n) is 13.8. The molecule has 1 amide bonds. The van der Waals surface area contributed by atoms with Crippen LogP contribution in [-0.2, 0) is 13.0 Å². The number of carbonyl (C=O) groups excluding carboxylic acids is 2. The van der Waals surface area contributed by atoms with Gasteiger partial charge in [0, 0.05) is 24.2 Å². The Bertz CT molecular complexity index is 851. The number of hydrogen-bond donors (Lipinski definition) is 2. The molecule has 0 aliphatic heterocycles. The molecule has 24 heavy (non-hydrogen) atoms. The lowest BCUT2D eigenvalue weighted by molar-refractivity contribution is 0.0910. The van der Waals surface area contributed by atoms with Gasteiger partial charge in [-0.15, -0.1) is 0 Å². The van der Waals surface area contributed by atoms with Crippen molar-refractivity contribution in [2.24, 2.45) is 5.41 Å². The molecule has 0 atom stereocenters. The summed E-state index contributed by atoms with van der Waals surface area (Å²) in [6.07, 6.45) is 1.03. The molecule has 2 aromatic rings. The Balaban J connectivity index is 1.84. The van der Waals surface area contributed by atoms with E-state index < -0.39 is 11.5 Å². The van der Waals surface area contributed by atoms with Crippen molar-refractivity contribution in [3.63, 3.8) is 0 Å². The van der Waals surface area contributed by atoms with Crippen LogP contribution in [0, 0.1) is 5.41 Å². The number of H-pyrrole nitrogens is 1. The third kappa shape index (κ3) is 3.30. The molecule has 1 aromatic carbocycles. The Morgan fingerprint density at radius 2 is 1.88 bits per heavy atom. The van der Waals surface area contributed by atoms with E-state index in [2.05, 4.69) is 10.3 Å². The van der Waals surface area contributed by atoms with Crippen LogP contribution in [-0.4, -0.2) is 16.7 Å². The lowest BCUT2D eigenvalue weighted by Crippen LogP contribution is -2.34. The fraction of sp³-hybridized carbons (Fsp3) is 0.316. The Labute approximate surface area is 140 Å². The SMILES string of the molecule is CC1(C)CC(=O)c2cc(C(=O)NCc3ccccc3)c(=O)[nH]c2C1. The van der Waals surface area contributed by atoms with Gasteiger partial charge in [-0.05, 0) is 23.5 Å². The van der Waals surface area contributed by atoms with Gasteiger partial charge in [-0.3, -0.25) is 14.4 Å². The molecule has 0 spiro atoms. The summed E-state index contributed by atoms with van der Waals surface area (Å²) in [6, 6.07) is 10.9. The van der Waals surface area contributed by atoms with Gasteiger partial charge in [0.25, 0.3) is 11.5 Å². The van der Waals surface area contributed by atoms with Gasteiger partial charge in [0.2, 0.25) is 0 Å². The van der Waals surface area contributed by atoms with Crippen molar-refractivity contribution in [3.8, 4) is 0 Å². The number of nitrogens with one attached hydrogen (secondary N) is 2. The molecule has 0 saturated heterocycles. The van der Waals surface area contributed by atoms with Crippen LogP contribution in [0.1, 0.15) is 52.2 Å². The molecule has 2 N–H and O–H groups in total. The zero-order valence-corrected chi connectivity index (χ0v) is 13.8. The van der Waals surface area contributed by atoms with Crippen LogP contribution in [0.25, 0.3) is 0 Å². The summed E-state index contributed by atoms with van der Waals surface area (Å²) in [6.45, 7) is 4.32. The smallest absolute Gasteiger partial charge is 0.261 e. The van der Waals surface area contributed by atoms with Crippen LogP contribution in [0.4, 0.5) is 0 Å². The predicted molar refractivity (Wildman–Crippen MR) is 91.1 cm³/mol. The van der Waals surface area contributed by atoms with E-state index in [0.29, 0.717) is 30.6 Å². The molecule has 0 fully saturated rings. The molecule has 0 saturated carbocycles. The molecule has 0 bridgehead atoms. The van der Waals surface area contributed by atoms with E-state index >= 15 is 0 Å². The van der Waals surface area contributed by atoms with Crippen LogP contribution in [0.15, 0.2) is 41.2 Å². The maximum Gasteiger partial charge on any atom is 0.261 e. The maximum atomic E-state index is 12.3. The summed E-state index contributed by atoms with van der Waals surface area (Å²) in [7, 11) is 0. The number of aromatic amines is 1. The number of hydrogen-bond acceptors (Lipinski definition) is 3. The van der Waals surface area contributed by atoms with E-state index in [-0.39, 0.29) is 16.8 Å². The largest absolute Gasteiger partial charge is 0.348 e. The lowest BCUT2D eigenvalue weighted by atomic mass is 9.75. The quantitative estimate of drug-likeness (QED) is 0.910. The molecule has 3 rings (SSSR count). The Morgan fingerprint density at radius 1 is 1.17 bits per heavy atom. The monoisotopic (exact) mass is 324 g/mol. The minimum atomic E-state index is -0.472. The van der Waals surface area contributed by atoms with Crippen molar-refractivity contribution in [2.75, 3.05) is 0 Å². The highest BCUT2D eigenvalue weighted by Crippen LogP contribution is 2.33. The molecule has 0 unspecified atom stereocenters. The van der Waals surface area contributed by atoms with E-state index in [4.69, 9.17) is 0 Å². The van der Waals surface area contributed by atoms with Gasteiger partial charge in [0.05, 0.1) is 0 Å². The number of Topliss-reactive ketones (excluding diaryl/α,β-unsaturated/α-hetero) is 1. The van der Waals surface area contributed by atoms with Crippen LogP contribution in [0.3, 0.4) is 0 Å².